The lowest BCUT2D eigenvalue weighted by Gasteiger charge is -2.44. The molecule has 162 valence electrons. The van der Waals surface area contributed by atoms with Crippen molar-refractivity contribution in [2.75, 3.05) is 19.7 Å². The van der Waals surface area contributed by atoms with Crippen LogP contribution in [0.15, 0.2) is 42.5 Å². The number of hydrogen-bond acceptors (Lipinski definition) is 4. The van der Waals surface area contributed by atoms with E-state index < -0.39 is 5.60 Å². The van der Waals surface area contributed by atoms with Crippen molar-refractivity contribution in [3.63, 3.8) is 0 Å². The van der Waals surface area contributed by atoms with Crippen molar-refractivity contribution in [2.24, 2.45) is 0 Å². The zero-order chi connectivity index (χ0) is 22.0. The van der Waals surface area contributed by atoms with E-state index in [0.717, 1.165) is 28.2 Å². The van der Waals surface area contributed by atoms with Crippen LogP contribution in [0.25, 0.3) is 6.08 Å². The van der Waals surface area contributed by atoms with Gasteiger partial charge < -0.3 is 14.4 Å². The summed E-state index contributed by atoms with van der Waals surface area (Å²) in [5, 5.41) is 0. The van der Waals surface area contributed by atoms with Crippen LogP contribution in [0.1, 0.15) is 53.2 Å². The third-order valence-corrected chi connectivity index (χ3v) is 6.37. The first-order valence-corrected chi connectivity index (χ1v) is 10.9. The Balaban J connectivity index is 1.39. The number of rotatable bonds is 4. The van der Waals surface area contributed by atoms with E-state index in [-0.39, 0.29) is 11.7 Å². The maximum Gasteiger partial charge on any atom is 0.246 e. The Hall–Kier alpha value is -3.08. The van der Waals surface area contributed by atoms with Gasteiger partial charge in [0.25, 0.3) is 0 Å². The third-order valence-electron chi connectivity index (χ3n) is 6.37. The molecule has 0 bridgehead atoms. The third kappa shape index (κ3) is 4.36. The van der Waals surface area contributed by atoms with Gasteiger partial charge in [0.05, 0.1) is 18.6 Å². The Morgan fingerprint density at radius 1 is 1.13 bits per heavy atom. The minimum absolute atomic E-state index is 0.0155. The average molecular weight is 420 g/mol. The van der Waals surface area contributed by atoms with Crippen LogP contribution in [0.3, 0.4) is 0 Å². The van der Waals surface area contributed by atoms with Gasteiger partial charge >= 0.3 is 0 Å². The van der Waals surface area contributed by atoms with Gasteiger partial charge in [0.15, 0.2) is 5.78 Å². The number of amides is 1. The van der Waals surface area contributed by atoms with Crippen LogP contribution in [0.2, 0.25) is 0 Å². The molecule has 2 heterocycles. The normalized spacial score (nSPS) is 17.5. The van der Waals surface area contributed by atoms with E-state index >= 15 is 0 Å². The summed E-state index contributed by atoms with van der Waals surface area (Å²) in [4.78, 5) is 27.3. The number of fused-ring (bicyclic) bond motifs is 1. The molecule has 0 radical (unpaired) electrons. The second-order valence-corrected chi connectivity index (χ2v) is 8.43. The van der Waals surface area contributed by atoms with Crippen molar-refractivity contribution in [3.8, 4) is 11.5 Å². The number of hydrogen-bond donors (Lipinski definition) is 0. The van der Waals surface area contributed by atoms with Gasteiger partial charge in [-0.1, -0.05) is 18.2 Å². The van der Waals surface area contributed by atoms with Crippen LogP contribution in [0.4, 0.5) is 0 Å². The van der Waals surface area contributed by atoms with E-state index in [2.05, 4.69) is 0 Å². The molecule has 5 nitrogen and oxygen atoms in total. The molecule has 31 heavy (non-hydrogen) atoms. The highest BCUT2D eigenvalue weighted by molar-refractivity contribution is 6.01. The number of carbonyl (C=O) groups is 2. The predicted octanol–water partition coefficient (Wildman–Crippen LogP) is 4.74. The first-order valence-electron chi connectivity index (χ1n) is 10.9. The molecular formula is C26H29NO4. The fourth-order valence-electron chi connectivity index (χ4n) is 4.31. The summed E-state index contributed by atoms with van der Waals surface area (Å²) in [7, 11) is 0. The van der Waals surface area contributed by atoms with Gasteiger partial charge in [-0.05, 0) is 61.7 Å². The van der Waals surface area contributed by atoms with E-state index in [0.29, 0.717) is 44.5 Å². The van der Waals surface area contributed by atoms with Crippen molar-refractivity contribution < 1.29 is 19.1 Å². The van der Waals surface area contributed by atoms with Crippen LogP contribution >= 0.6 is 0 Å². The molecule has 2 aliphatic heterocycles. The standard InChI is InChI=1S/C26H29NO4/c1-4-30-21-9-6-20(7-10-21)8-12-24(29)27-15-13-26(14-16-27)17-23(28)22-11-5-18(2)19(3)25(22)31-26/h5-12H,4,13-17H2,1-3H3/b12-8+. The van der Waals surface area contributed by atoms with Crippen LogP contribution in [0, 0.1) is 13.8 Å². The lowest BCUT2D eigenvalue weighted by atomic mass is 9.81. The molecular weight excluding hydrogens is 390 g/mol. The Morgan fingerprint density at radius 2 is 1.84 bits per heavy atom. The van der Waals surface area contributed by atoms with Crippen molar-refractivity contribution in [1.29, 1.82) is 0 Å². The molecule has 0 unspecified atom stereocenters. The van der Waals surface area contributed by atoms with Gasteiger partial charge in [0.1, 0.15) is 17.1 Å². The highest BCUT2D eigenvalue weighted by Gasteiger charge is 2.44. The molecule has 0 saturated carbocycles. The molecule has 2 aromatic carbocycles. The number of carbonyl (C=O) groups excluding carboxylic acids is 2. The second-order valence-electron chi connectivity index (χ2n) is 8.43. The maximum atomic E-state index is 12.8. The first-order chi connectivity index (χ1) is 14.9. The van der Waals surface area contributed by atoms with Crippen LogP contribution in [-0.4, -0.2) is 41.9 Å². The average Bonchev–Trinajstić information content (AvgIpc) is 2.77. The van der Waals surface area contributed by atoms with E-state index in [1.807, 2.05) is 68.1 Å². The number of ether oxygens (including phenoxy) is 2. The Bertz CT molecular complexity index is 1010. The lowest BCUT2D eigenvalue weighted by molar-refractivity contribution is -0.129. The summed E-state index contributed by atoms with van der Waals surface area (Å²) >= 11 is 0. The van der Waals surface area contributed by atoms with E-state index in [9.17, 15) is 9.59 Å². The van der Waals surface area contributed by atoms with Gasteiger partial charge in [-0.25, -0.2) is 0 Å². The van der Waals surface area contributed by atoms with E-state index in [4.69, 9.17) is 9.47 Å². The van der Waals surface area contributed by atoms with Crippen LogP contribution in [0.5, 0.6) is 11.5 Å². The smallest absolute Gasteiger partial charge is 0.246 e. The fourth-order valence-corrected chi connectivity index (χ4v) is 4.31. The summed E-state index contributed by atoms with van der Waals surface area (Å²) in [5.41, 5.74) is 3.29. The molecule has 1 saturated heterocycles. The van der Waals surface area contributed by atoms with Gasteiger partial charge in [0, 0.05) is 32.0 Å². The van der Waals surface area contributed by atoms with Gasteiger partial charge in [-0.3, -0.25) is 9.59 Å². The number of piperidine rings is 1. The zero-order valence-corrected chi connectivity index (χ0v) is 18.4. The maximum absolute atomic E-state index is 12.8. The molecule has 2 aliphatic rings. The lowest BCUT2D eigenvalue weighted by Crippen LogP contribution is -2.52. The number of ketones is 1. The first kappa shape index (κ1) is 21.2. The van der Waals surface area contributed by atoms with Crippen molar-refractivity contribution in [2.45, 2.75) is 45.6 Å². The number of aryl methyl sites for hydroxylation is 1. The Labute approximate surface area is 183 Å². The zero-order valence-electron chi connectivity index (χ0n) is 18.4. The molecule has 1 fully saturated rings. The molecule has 1 spiro atoms. The fraction of sp³-hybridized carbons (Fsp3) is 0.385. The van der Waals surface area contributed by atoms with Crippen LogP contribution < -0.4 is 9.47 Å². The summed E-state index contributed by atoms with van der Waals surface area (Å²) < 4.78 is 11.9. The molecule has 0 N–H and O–H groups in total. The SMILES string of the molecule is CCOc1ccc(/C=C/C(=O)N2CCC3(CC2)CC(=O)c2ccc(C)c(C)c2O3)cc1. The molecule has 0 aliphatic carbocycles. The summed E-state index contributed by atoms with van der Waals surface area (Å²) in [6, 6.07) is 11.5. The quantitative estimate of drug-likeness (QED) is 0.672. The van der Waals surface area contributed by atoms with Gasteiger partial charge in [0.2, 0.25) is 5.91 Å². The summed E-state index contributed by atoms with van der Waals surface area (Å²) in [6.07, 6.45) is 5.14. The number of likely N-dealkylation sites (tertiary alicyclic amines) is 1. The van der Waals surface area contributed by atoms with Crippen molar-refractivity contribution in [3.05, 3.63) is 64.7 Å². The molecule has 4 rings (SSSR count). The monoisotopic (exact) mass is 419 g/mol. The predicted molar refractivity (Wildman–Crippen MR) is 121 cm³/mol. The Morgan fingerprint density at radius 3 is 2.52 bits per heavy atom. The van der Waals surface area contributed by atoms with E-state index in [1.165, 1.54) is 0 Å². The van der Waals surface area contributed by atoms with Crippen molar-refractivity contribution >= 4 is 17.8 Å². The molecule has 5 heteroatoms. The minimum Gasteiger partial charge on any atom is -0.494 e. The summed E-state index contributed by atoms with van der Waals surface area (Å²) in [6.45, 7) is 7.78. The number of nitrogens with zero attached hydrogens (tertiary/aromatic N) is 1. The van der Waals surface area contributed by atoms with Crippen molar-refractivity contribution in [1.82, 2.24) is 4.90 Å². The largest absolute Gasteiger partial charge is 0.494 e. The van der Waals surface area contributed by atoms with Crippen LogP contribution in [-0.2, 0) is 4.79 Å². The summed E-state index contributed by atoms with van der Waals surface area (Å²) in [5.74, 6) is 1.67. The van der Waals surface area contributed by atoms with Gasteiger partial charge in [-0.15, -0.1) is 0 Å². The highest BCUT2D eigenvalue weighted by Crippen LogP contribution is 2.41. The highest BCUT2D eigenvalue weighted by atomic mass is 16.5. The second kappa shape index (κ2) is 8.58. The molecule has 2 aromatic rings. The molecule has 0 aromatic heterocycles. The molecule has 1 amide bonds. The number of Topliss-reactive ketones (excluding diaryl/α,β-unsaturated/α-hetero) is 1. The minimum atomic E-state index is -0.502. The topological polar surface area (TPSA) is 55.8 Å². The van der Waals surface area contributed by atoms with Gasteiger partial charge in [-0.2, -0.15) is 0 Å². The Kier molecular flexibility index (Phi) is 5.86. The molecule has 0 atom stereocenters. The van der Waals surface area contributed by atoms with E-state index in [1.54, 1.807) is 6.08 Å². The number of benzene rings is 2.